The van der Waals surface area contributed by atoms with E-state index in [-0.39, 0.29) is 10.8 Å². The van der Waals surface area contributed by atoms with Gasteiger partial charge in [0.05, 0.1) is 21.3 Å². The number of rotatable bonds is 3. The van der Waals surface area contributed by atoms with Crippen molar-refractivity contribution < 1.29 is 22.0 Å². The zero-order valence-electron chi connectivity index (χ0n) is 12.8. The summed E-state index contributed by atoms with van der Waals surface area (Å²) in [6.07, 6.45) is -6.47. The molecule has 0 bridgehead atoms. The Morgan fingerprint density at radius 2 is 1.76 bits per heavy atom. The molecule has 1 aromatic rings. The highest BCUT2D eigenvalue weighted by Gasteiger charge is 2.65. The van der Waals surface area contributed by atoms with Crippen LogP contribution in [0.25, 0.3) is 0 Å². The van der Waals surface area contributed by atoms with Crippen molar-refractivity contribution in [3.63, 3.8) is 0 Å². The molecule has 0 radical (unpaired) electrons. The van der Waals surface area contributed by atoms with Crippen molar-refractivity contribution in [3.8, 4) is 0 Å². The predicted molar refractivity (Wildman–Crippen MR) is 91.1 cm³/mol. The summed E-state index contributed by atoms with van der Waals surface area (Å²) in [6, 6.07) is 1.23. The van der Waals surface area contributed by atoms with Gasteiger partial charge >= 0.3 is 11.4 Å². The molecule has 142 valence electrons. The maximum atomic E-state index is 14.6. The van der Waals surface area contributed by atoms with Gasteiger partial charge in [-0.05, 0) is 24.8 Å². The Kier molecular flexibility index (Phi) is 5.71. The number of thioether (sulfide) groups is 1. The van der Waals surface area contributed by atoms with Crippen molar-refractivity contribution in [2.24, 2.45) is 5.73 Å². The van der Waals surface area contributed by atoms with Crippen LogP contribution in [-0.2, 0) is 6.18 Å². The Bertz CT molecular complexity index is 652. The average molecular weight is 445 g/mol. The van der Waals surface area contributed by atoms with Gasteiger partial charge in [0.25, 0.3) is 0 Å². The van der Waals surface area contributed by atoms with Crippen LogP contribution < -0.4 is 10.6 Å². The summed E-state index contributed by atoms with van der Waals surface area (Å²) >= 11 is 18.4. The van der Waals surface area contributed by atoms with Crippen LogP contribution in [0.4, 0.5) is 27.7 Å². The van der Waals surface area contributed by atoms with Gasteiger partial charge in [-0.1, -0.05) is 46.8 Å². The number of anilines is 1. The monoisotopic (exact) mass is 443 g/mol. The second-order valence-corrected chi connectivity index (χ2v) is 8.32. The summed E-state index contributed by atoms with van der Waals surface area (Å²) in [5.41, 5.74) is 4.39. The lowest BCUT2D eigenvalue weighted by Gasteiger charge is -2.38. The third-order valence-electron chi connectivity index (χ3n) is 3.71. The van der Waals surface area contributed by atoms with Gasteiger partial charge in [0, 0.05) is 0 Å². The first-order valence-electron chi connectivity index (χ1n) is 6.87. The molecule has 3 atom stereocenters. The number of nitrogens with zero attached hydrogens (tertiary/aromatic N) is 2. The molecular formula is C13H13Cl3F5N3S. The first-order valence-corrected chi connectivity index (χ1v) is 8.99. The van der Waals surface area contributed by atoms with Gasteiger partial charge in [-0.25, -0.2) is 4.39 Å². The van der Waals surface area contributed by atoms with Crippen LogP contribution in [0.3, 0.4) is 0 Å². The molecule has 0 amide bonds. The van der Waals surface area contributed by atoms with Crippen molar-refractivity contribution in [1.82, 2.24) is 5.12 Å². The SMILES string of the molecule is CCSC1(C)N(c2c(Cl)cc(C(F)(F)F)cc2Cl)C(N)C(F)(Cl)N1F. The molecule has 1 aliphatic rings. The number of halogens is 8. The summed E-state index contributed by atoms with van der Waals surface area (Å²) in [6.45, 7) is 2.95. The van der Waals surface area contributed by atoms with Gasteiger partial charge in [-0.15, -0.1) is 16.2 Å². The van der Waals surface area contributed by atoms with Gasteiger partial charge in [0.15, 0.2) is 4.99 Å². The summed E-state index contributed by atoms with van der Waals surface area (Å²) < 4.78 is 67.8. The fourth-order valence-electron chi connectivity index (χ4n) is 2.61. The number of hydrogen-bond donors (Lipinski definition) is 1. The Morgan fingerprint density at radius 3 is 2.16 bits per heavy atom. The Labute approximate surface area is 160 Å². The maximum Gasteiger partial charge on any atom is 0.416 e. The summed E-state index contributed by atoms with van der Waals surface area (Å²) in [5, 5.41) is -4.35. The van der Waals surface area contributed by atoms with Gasteiger partial charge in [-0.3, -0.25) is 0 Å². The minimum Gasteiger partial charge on any atom is -0.319 e. The highest BCUT2D eigenvalue weighted by molar-refractivity contribution is 8.00. The second kappa shape index (κ2) is 6.76. The molecule has 1 aromatic carbocycles. The minimum atomic E-state index is -4.69. The van der Waals surface area contributed by atoms with E-state index in [1.165, 1.54) is 6.92 Å². The van der Waals surface area contributed by atoms with Crippen molar-refractivity contribution in [2.75, 3.05) is 10.7 Å². The third kappa shape index (κ3) is 3.39. The molecule has 1 aliphatic heterocycles. The van der Waals surface area contributed by atoms with Crippen LogP contribution in [0.15, 0.2) is 12.1 Å². The number of benzene rings is 1. The third-order valence-corrected chi connectivity index (χ3v) is 5.85. The van der Waals surface area contributed by atoms with Crippen LogP contribution in [0.1, 0.15) is 19.4 Å². The van der Waals surface area contributed by atoms with Crippen LogP contribution in [-0.4, -0.2) is 27.3 Å². The molecule has 0 aromatic heterocycles. The lowest BCUT2D eigenvalue weighted by atomic mass is 10.1. The molecule has 3 unspecified atom stereocenters. The molecule has 1 fully saturated rings. The molecule has 0 saturated carbocycles. The van der Waals surface area contributed by atoms with E-state index in [2.05, 4.69) is 0 Å². The van der Waals surface area contributed by atoms with E-state index < -0.39 is 38.2 Å². The maximum absolute atomic E-state index is 14.6. The van der Waals surface area contributed by atoms with Crippen LogP contribution in [0.2, 0.25) is 10.0 Å². The summed E-state index contributed by atoms with van der Waals surface area (Å²) in [7, 11) is 0. The quantitative estimate of drug-likeness (QED) is 0.285. The standard InChI is InChI=1S/C13H13Cl3F5N3S/c1-3-25-11(2)23(10(22)12(16,17)24(11)21)9-7(14)4-6(5-8(9)15)13(18,19)20/h4-5,10H,3,22H2,1-2H3. The number of nitrogens with two attached hydrogens (primary N) is 1. The molecule has 2 rings (SSSR count). The molecule has 25 heavy (non-hydrogen) atoms. The molecule has 0 spiro atoms. The van der Waals surface area contributed by atoms with E-state index in [0.29, 0.717) is 17.9 Å². The van der Waals surface area contributed by atoms with Crippen LogP contribution in [0.5, 0.6) is 0 Å². The van der Waals surface area contributed by atoms with E-state index in [9.17, 15) is 22.0 Å². The van der Waals surface area contributed by atoms with Crippen molar-refractivity contribution >= 4 is 52.3 Å². The fourth-order valence-corrected chi connectivity index (χ4v) is 4.72. The topological polar surface area (TPSA) is 32.5 Å². The highest BCUT2D eigenvalue weighted by Crippen LogP contribution is 2.54. The van der Waals surface area contributed by atoms with E-state index in [4.69, 9.17) is 40.5 Å². The first kappa shape index (κ1) is 21.1. The van der Waals surface area contributed by atoms with Gasteiger partial charge in [-0.2, -0.15) is 13.2 Å². The van der Waals surface area contributed by atoms with E-state index >= 15 is 0 Å². The molecule has 12 heteroatoms. The molecular weight excluding hydrogens is 432 g/mol. The number of hydrogen-bond acceptors (Lipinski definition) is 4. The molecule has 1 heterocycles. The van der Waals surface area contributed by atoms with Crippen molar-refractivity contribution in [2.45, 2.75) is 36.4 Å². The second-order valence-electron chi connectivity index (χ2n) is 5.34. The number of alkyl halides is 5. The lowest BCUT2D eigenvalue weighted by molar-refractivity contribution is -0.137. The Hall–Kier alpha value is -0.190. The van der Waals surface area contributed by atoms with Crippen LogP contribution in [0, 0.1) is 0 Å². The average Bonchev–Trinajstić information content (AvgIpc) is 2.59. The Balaban J connectivity index is 2.67. The Morgan fingerprint density at radius 1 is 1.28 bits per heavy atom. The largest absolute Gasteiger partial charge is 0.416 e. The summed E-state index contributed by atoms with van der Waals surface area (Å²) in [4.78, 5) is -0.837. The van der Waals surface area contributed by atoms with E-state index in [0.717, 1.165) is 16.7 Å². The highest BCUT2D eigenvalue weighted by atomic mass is 35.5. The van der Waals surface area contributed by atoms with Crippen LogP contribution >= 0.6 is 46.6 Å². The van der Waals surface area contributed by atoms with Gasteiger partial charge in [0.1, 0.15) is 6.17 Å². The van der Waals surface area contributed by atoms with Crippen molar-refractivity contribution in [1.29, 1.82) is 0 Å². The lowest BCUT2D eigenvalue weighted by Crippen LogP contribution is -2.51. The van der Waals surface area contributed by atoms with Gasteiger partial charge < -0.3 is 10.6 Å². The summed E-state index contributed by atoms with van der Waals surface area (Å²) in [5.74, 6) is 0.322. The zero-order chi connectivity index (χ0) is 19.4. The smallest absolute Gasteiger partial charge is 0.319 e. The molecule has 3 nitrogen and oxygen atoms in total. The predicted octanol–water partition coefficient (Wildman–Crippen LogP) is 5.59. The minimum absolute atomic E-state index is 0.241. The van der Waals surface area contributed by atoms with E-state index in [1.807, 2.05) is 0 Å². The molecule has 0 aliphatic carbocycles. The zero-order valence-corrected chi connectivity index (χ0v) is 15.9. The normalized spacial score (nSPS) is 31.0. The van der Waals surface area contributed by atoms with Gasteiger partial charge in [0.2, 0.25) is 0 Å². The first-order chi connectivity index (χ1) is 11.3. The molecule has 1 saturated heterocycles. The van der Waals surface area contributed by atoms with Crippen molar-refractivity contribution in [3.05, 3.63) is 27.7 Å². The van der Waals surface area contributed by atoms with E-state index in [1.54, 1.807) is 6.92 Å². The molecule has 2 N–H and O–H groups in total. The fraction of sp³-hybridized carbons (Fsp3) is 0.538.